The molecule has 1 fully saturated rings. The molecule has 0 bridgehead atoms. The van der Waals surface area contributed by atoms with Crippen molar-refractivity contribution < 1.29 is 19.3 Å². The molecule has 1 N–H and O–H groups in total. The molecular weight excluding hydrogens is 282 g/mol. The Bertz CT molecular complexity index is 469. The average Bonchev–Trinajstić information content (AvgIpc) is 2.79. The van der Waals surface area contributed by atoms with Gasteiger partial charge in [-0.3, -0.25) is 0 Å². The third-order valence-corrected chi connectivity index (χ3v) is 3.73. The lowest BCUT2D eigenvalue weighted by atomic mass is 10.1. The molecule has 1 saturated heterocycles. The molecule has 3 atom stereocenters. The highest BCUT2D eigenvalue weighted by Crippen LogP contribution is 2.25. The van der Waals surface area contributed by atoms with E-state index in [1.165, 1.54) is 0 Å². The van der Waals surface area contributed by atoms with E-state index in [1.807, 2.05) is 56.9 Å². The van der Waals surface area contributed by atoms with Gasteiger partial charge in [0.05, 0.1) is 31.5 Å². The summed E-state index contributed by atoms with van der Waals surface area (Å²) in [5.74, 6) is 0.822. The van der Waals surface area contributed by atoms with Crippen molar-refractivity contribution in [1.82, 2.24) is 4.90 Å². The number of hydrogen-bond acceptors (Lipinski definition) is 5. The topological polar surface area (TPSA) is 51.2 Å². The van der Waals surface area contributed by atoms with Gasteiger partial charge in [0, 0.05) is 6.54 Å². The van der Waals surface area contributed by atoms with Gasteiger partial charge < -0.3 is 19.3 Å². The van der Waals surface area contributed by atoms with E-state index in [4.69, 9.17) is 14.2 Å². The van der Waals surface area contributed by atoms with Gasteiger partial charge in [-0.2, -0.15) is 0 Å². The van der Waals surface area contributed by atoms with Gasteiger partial charge in [-0.05, 0) is 45.4 Å². The van der Waals surface area contributed by atoms with Crippen LogP contribution in [-0.2, 0) is 16.0 Å². The molecule has 5 nitrogen and oxygen atoms in total. The highest BCUT2D eigenvalue weighted by atomic mass is 16.6. The molecule has 1 heterocycles. The molecule has 1 aliphatic rings. The van der Waals surface area contributed by atoms with Gasteiger partial charge in [0.2, 0.25) is 6.41 Å². The summed E-state index contributed by atoms with van der Waals surface area (Å²) in [4.78, 5) is 1.93. The highest BCUT2D eigenvalue weighted by molar-refractivity contribution is 5.27. The zero-order valence-electron chi connectivity index (χ0n) is 14.1. The highest BCUT2D eigenvalue weighted by Gasteiger charge is 2.38. The fourth-order valence-electron chi connectivity index (χ4n) is 2.72. The first-order valence-electron chi connectivity index (χ1n) is 7.66. The molecule has 5 heteroatoms. The smallest absolute Gasteiger partial charge is 0.216 e. The molecular formula is C17H27NO4. The van der Waals surface area contributed by atoms with Crippen LogP contribution in [0.5, 0.6) is 5.75 Å². The zero-order chi connectivity index (χ0) is 16.3. The van der Waals surface area contributed by atoms with Gasteiger partial charge in [-0.15, -0.1) is 0 Å². The second kappa shape index (κ2) is 6.96. The molecule has 0 radical (unpaired) electrons. The minimum Gasteiger partial charge on any atom is -0.497 e. The van der Waals surface area contributed by atoms with Crippen molar-refractivity contribution in [2.24, 2.45) is 0 Å². The Labute approximate surface area is 132 Å². The van der Waals surface area contributed by atoms with E-state index in [0.717, 1.165) is 11.3 Å². The average molecular weight is 309 g/mol. The summed E-state index contributed by atoms with van der Waals surface area (Å²) in [6.07, 6.45) is -0.923. The Morgan fingerprint density at radius 2 is 1.95 bits per heavy atom. The van der Waals surface area contributed by atoms with E-state index in [9.17, 15) is 5.11 Å². The first-order valence-corrected chi connectivity index (χ1v) is 7.66. The molecule has 0 saturated carbocycles. The first-order chi connectivity index (χ1) is 10.3. The second-order valence-corrected chi connectivity index (χ2v) is 6.68. The Morgan fingerprint density at radius 3 is 2.50 bits per heavy atom. The maximum Gasteiger partial charge on any atom is 0.216 e. The Balaban J connectivity index is 2.05. The third kappa shape index (κ3) is 4.43. The van der Waals surface area contributed by atoms with Gasteiger partial charge in [-0.25, -0.2) is 4.90 Å². The van der Waals surface area contributed by atoms with Crippen LogP contribution < -0.4 is 4.74 Å². The minimum atomic E-state index is -0.891. The first kappa shape index (κ1) is 17.2. The van der Waals surface area contributed by atoms with Crippen LogP contribution in [0.1, 0.15) is 33.3 Å². The summed E-state index contributed by atoms with van der Waals surface area (Å²) < 4.78 is 16.6. The predicted octanol–water partition coefficient (Wildman–Crippen LogP) is 2.38. The summed E-state index contributed by atoms with van der Waals surface area (Å²) in [5, 5.41) is 10.1. The third-order valence-electron chi connectivity index (χ3n) is 3.73. The lowest BCUT2D eigenvalue weighted by Crippen LogP contribution is -2.45. The molecule has 0 amide bonds. The predicted molar refractivity (Wildman–Crippen MR) is 84.6 cm³/mol. The number of hydrogen-bond donors (Lipinski definition) is 1. The van der Waals surface area contributed by atoms with Crippen LogP contribution in [0.2, 0.25) is 0 Å². The number of aliphatic hydroxyl groups excluding tert-OH is 1. The van der Waals surface area contributed by atoms with E-state index >= 15 is 0 Å². The van der Waals surface area contributed by atoms with E-state index < -0.39 is 6.41 Å². The van der Waals surface area contributed by atoms with Crippen LogP contribution in [0.25, 0.3) is 0 Å². The van der Waals surface area contributed by atoms with E-state index in [0.29, 0.717) is 13.2 Å². The number of rotatable bonds is 5. The van der Waals surface area contributed by atoms with Crippen molar-refractivity contribution in [3.05, 3.63) is 29.8 Å². The van der Waals surface area contributed by atoms with Gasteiger partial charge in [0.25, 0.3) is 0 Å². The van der Waals surface area contributed by atoms with Crippen molar-refractivity contribution in [1.29, 1.82) is 0 Å². The molecule has 1 unspecified atom stereocenters. The van der Waals surface area contributed by atoms with E-state index in [-0.39, 0.29) is 17.7 Å². The largest absolute Gasteiger partial charge is 0.497 e. The number of aliphatic hydroxyl groups is 1. The number of benzene rings is 1. The summed E-state index contributed by atoms with van der Waals surface area (Å²) in [6, 6.07) is 7.86. The van der Waals surface area contributed by atoms with Crippen LogP contribution in [0.3, 0.4) is 0 Å². The molecule has 2 rings (SSSR count). The van der Waals surface area contributed by atoms with Crippen molar-refractivity contribution in [3.8, 4) is 5.75 Å². The van der Waals surface area contributed by atoms with Crippen LogP contribution in [0, 0.1) is 0 Å². The summed E-state index contributed by atoms with van der Waals surface area (Å²) in [7, 11) is 1.65. The van der Waals surface area contributed by atoms with Gasteiger partial charge in [0.1, 0.15) is 5.75 Å². The molecule has 1 aliphatic heterocycles. The summed E-state index contributed by atoms with van der Waals surface area (Å²) >= 11 is 0. The Morgan fingerprint density at radius 1 is 1.32 bits per heavy atom. The standard InChI is InChI=1S/C17H27NO4/c1-12(22-17(2,3)4)15-11-21-16(19)18(15)10-13-6-8-14(20-5)9-7-13/h6-9,12,15-16,19H,10-11H2,1-5H3/t12-,15+,16?/m0/s1. The van der Waals surface area contributed by atoms with Crippen molar-refractivity contribution in [2.75, 3.05) is 13.7 Å². The Kier molecular flexibility index (Phi) is 5.45. The molecule has 22 heavy (non-hydrogen) atoms. The molecule has 0 spiro atoms. The second-order valence-electron chi connectivity index (χ2n) is 6.68. The summed E-state index contributed by atoms with van der Waals surface area (Å²) in [5.41, 5.74) is 0.872. The van der Waals surface area contributed by atoms with Crippen LogP contribution in [-0.4, -0.2) is 47.9 Å². The summed E-state index contributed by atoms with van der Waals surface area (Å²) in [6.45, 7) is 9.19. The lowest BCUT2D eigenvalue weighted by Gasteiger charge is -2.33. The SMILES string of the molecule is COc1ccc(CN2C(O)OC[C@@H]2[C@H](C)OC(C)(C)C)cc1. The fourth-order valence-corrected chi connectivity index (χ4v) is 2.72. The lowest BCUT2D eigenvalue weighted by molar-refractivity contribution is -0.148. The van der Waals surface area contributed by atoms with Gasteiger partial charge >= 0.3 is 0 Å². The maximum absolute atomic E-state index is 10.1. The van der Waals surface area contributed by atoms with Crippen molar-refractivity contribution in [3.63, 3.8) is 0 Å². The normalized spacial score (nSPS) is 24.5. The minimum absolute atomic E-state index is 0.0244. The zero-order valence-corrected chi connectivity index (χ0v) is 14.1. The monoisotopic (exact) mass is 309 g/mol. The number of nitrogens with zero attached hydrogens (tertiary/aromatic N) is 1. The number of ether oxygens (including phenoxy) is 3. The molecule has 1 aromatic carbocycles. The van der Waals surface area contributed by atoms with Crippen molar-refractivity contribution in [2.45, 2.75) is 58.4 Å². The van der Waals surface area contributed by atoms with Gasteiger partial charge in [-0.1, -0.05) is 12.1 Å². The number of methoxy groups -OCH3 is 1. The fraction of sp³-hybridized carbons (Fsp3) is 0.647. The van der Waals surface area contributed by atoms with E-state index in [1.54, 1.807) is 7.11 Å². The molecule has 0 aromatic heterocycles. The molecule has 0 aliphatic carbocycles. The molecule has 124 valence electrons. The van der Waals surface area contributed by atoms with E-state index in [2.05, 4.69) is 0 Å². The van der Waals surface area contributed by atoms with Crippen LogP contribution in [0.15, 0.2) is 24.3 Å². The maximum atomic E-state index is 10.1. The van der Waals surface area contributed by atoms with Crippen LogP contribution >= 0.6 is 0 Å². The van der Waals surface area contributed by atoms with Crippen LogP contribution in [0.4, 0.5) is 0 Å². The molecule has 1 aromatic rings. The quantitative estimate of drug-likeness (QED) is 0.905. The van der Waals surface area contributed by atoms with Gasteiger partial charge in [0.15, 0.2) is 0 Å². The Hall–Kier alpha value is -1.14. The van der Waals surface area contributed by atoms with Crippen molar-refractivity contribution >= 4 is 0 Å².